The van der Waals surface area contributed by atoms with Crippen molar-refractivity contribution < 1.29 is 4.74 Å². The third-order valence-corrected chi connectivity index (χ3v) is 4.08. The Morgan fingerprint density at radius 3 is 2.82 bits per heavy atom. The summed E-state index contributed by atoms with van der Waals surface area (Å²) in [5, 5.41) is 13.0. The topological polar surface area (TPSA) is 56.1 Å². The van der Waals surface area contributed by atoms with Gasteiger partial charge < -0.3 is 9.64 Å². The number of aryl methyl sites for hydroxylation is 2. The van der Waals surface area contributed by atoms with Gasteiger partial charge in [0, 0.05) is 37.7 Å². The zero-order valence-corrected chi connectivity index (χ0v) is 13.5. The minimum Gasteiger partial charge on any atom is -0.381 e. The molecule has 3 rings (SSSR count). The minimum absolute atomic E-state index is 0.314. The van der Waals surface area contributed by atoms with E-state index >= 15 is 0 Å². The van der Waals surface area contributed by atoms with Crippen molar-refractivity contribution in [2.24, 2.45) is 0 Å². The van der Waals surface area contributed by atoms with E-state index in [-0.39, 0.29) is 0 Å². The van der Waals surface area contributed by atoms with E-state index in [0.29, 0.717) is 12.5 Å². The number of fused-ring (bicyclic) bond motifs is 1. The second-order valence-electron chi connectivity index (χ2n) is 5.64. The summed E-state index contributed by atoms with van der Waals surface area (Å²) in [7, 11) is 0. The van der Waals surface area contributed by atoms with Crippen LogP contribution in [0.2, 0.25) is 0 Å². The molecular formula is C16H23N5O. The molecule has 0 amide bonds. The van der Waals surface area contributed by atoms with Gasteiger partial charge in [-0.2, -0.15) is 10.2 Å². The standard InChI is InChI=1S/C16H23N5O/c1-4-21-16-13(8-17-21)9-20(10-14(16)11-22-5-2)15-7-6-12(3)18-19-15/h6-8,14H,4-5,9-11H2,1-3H3/t14-/m1/s1. The molecule has 6 heteroatoms. The zero-order chi connectivity index (χ0) is 15.5. The van der Waals surface area contributed by atoms with Crippen LogP contribution in [0.25, 0.3) is 0 Å². The van der Waals surface area contributed by atoms with E-state index in [1.54, 1.807) is 0 Å². The molecule has 0 radical (unpaired) electrons. The molecule has 1 aliphatic rings. The summed E-state index contributed by atoms with van der Waals surface area (Å²) in [6.07, 6.45) is 1.98. The zero-order valence-electron chi connectivity index (χ0n) is 13.5. The Hall–Kier alpha value is -1.95. The largest absolute Gasteiger partial charge is 0.381 e. The van der Waals surface area contributed by atoms with Gasteiger partial charge >= 0.3 is 0 Å². The van der Waals surface area contributed by atoms with Crippen molar-refractivity contribution in [3.05, 3.63) is 35.3 Å². The molecule has 1 aliphatic heterocycles. The van der Waals surface area contributed by atoms with Gasteiger partial charge in [-0.3, -0.25) is 4.68 Å². The van der Waals surface area contributed by atoms with Crippen LogP contribution in [0.1, 0.15) is 36.7 Å². The Bertz CT molecular complexity index is 622. The lowest BCUT2D eigenvalue weighted by molar-refractivity contribution is 0.129. The fraction of sp³-hybridized carbons (Fsp3) is 0.562. The number of nitrogens with zero attached hydrogens (tertiary/aromatic N) is 5. The number of aromatic nitrogens is 4. The summed E-state index contributed by atoms with van der Waals surface area (Å²) < 4.78 is 7.79. The summed E-state index contributed by atoms with van der Waals surface area (Å²) >= 11 is 0. The predicted octanol–water partition coefficient (Wildman–Crippen LogP) is 2.14. The third kappa shape index (κ3) is 2.83. The smallest absolute Gasteiger partial charge is 0.151 e. The summed E-state index contributed by atoms with van der Waals surface area (Å²) in [6.45, 7) is 10.2. The first-order chi connectivity index (χ1) is 10.7. The van der Waals surface area contributed by atoms with E-state index in [2.05, 4.69) is 31.8 Å². The van der Waals surface area contributed by atoms with E-state index in [9.17, 15) is 0 Å². The maximum atomic E-state index is 5.70. The molecule has 0 spiro atoms. The Balaban J connectivity index is 1.89. The van der Waals surface area contributed by atoms with Crippen molar-refractivity contribution in [1.29, 1.82) is 0 Å². The molecule has 1 atom stereocenters. The lowest BCUT2D eigenvalue weighted by Gasteiger charge is -2.33. The fourth-order valence-electron chi connectivity index (χ4n) is 3.03. The van der Waals surface area contributed by atoms with Gasteiger partial charge in [0.1, 0.15) is 0 Å². The lowest BCUT2D eigenvalue weighted by atomic mass is 9.97. The van der Waals surface area contributed by atoms with Gasteiger partial charge in [0.15, 0.2) is 5.82 Å². The van der Waals surface area contributed by atoms with Gasteiger partial charge in [0.2, 0.25) is 0 Å². The second-order valence-corrected chi connectivity index (χ2v) is 5.64. The summed E-state index contributed by atoms with van der Waals surface area (Å²) in [5.74, 6) is 1.23. The molecule has 0 saturated heterocycles. The van der Waals surface area contributed by atoms with Gasteiger partial charge in [-0.1, -0.05) is 0 Å². The van der Waals surface area contributed by atoms with Crippen molar-refractivity contribution in [1.82, 2.24) is 20.0 Å². The summed E-state index contributed by atoms with van der Waals surface area (Å²) in [4.78, 5) is 2.26. The van der Waals surface area contributed by atoms with E-state index < -0.39 is 0 Å². The first-order valence-corrected chi connectivity index (χ1v) is 7.90. The SMILES string of the molecule is CCOC[C@H]1CN(c2ccc(C)nn2)Cc2cnn(CC)c21. The number of ether oxygens (including phenoxy) is 1. The maximum absolute atomic E-state index is 5.70. The number of hydrogen-bond acceptors (Lipinski definition) is 5. The van der Waals surface area contributed by atoms with Gasteiger partial charge in [-0.15, -0.1) is 5.10 Å². The van der Waals surface area contributed by atoms with E-state index in [1.165, 1.54) is 11.3 Å². The highest BCUT2D eigenvalue weighted by molar-refractivity contribution is 5.43. The fourth-order valence-corrected chi connectivity index (χ4v) is 3.03. The third-order valence-electron chi connectivity index (χ3n) is 4.08. The van der Waals surface area contributed by atoms with Gasteiger partial charge in [-0.05, 0) is 32.9 Å². The molecule has 0 unspecified atom stereocenters. The Kier molecular flexibility index (Phi) is 4.38. The Morgan fingerprint density at radius 1 is 1.27 bits per heavy atom. The van der Waals surface area contributed by atoms with Crippen LogP contribution in [0.4, 0.5) is 5.82 Å². The maximum Gasteiger partial charge on any atom is 0.151 e. The molecule has 0 aliphatic carbocycles. The first-order valence-electron chi connectivity index (χ1n) is 7.90. The van der Waals surface area contributed by atoms with E-state index in [1.807, 2.05) is 32.2 Å². The normalized spacial score (nSPS) is 17.6. The number of hydrogen-bond donors (Lipinski definition) is 0. The Labute approximate surface area is 131 Å². The van der Waals surface area contributed by atoms with Crippen LogP contribution in [-0.2, 0) is 17.8 Å². The monoisotopic (exact) mass is 301 g/mol. The van der Waals surface area contributed by atoms with Gasteiger partial charge in [0.05, 0.1) is 24.2 Å². The number of rotatable bonds is 5. The molecule has 0 bridgehead atoms. The van der Waals surface area contributed by atoms with Gasteiger partial charge in [-0.25, -0.2) is 0 Å². The Morgan fingerprint density at radius 2 is 2.14 bits per heavy atom. The highest BCUT2D eigenvalue weighted by Gasteiger charge is 2.30. The minimum atomic E-state index is 0.314. The molecule has 118 valence electrons. The van der Waals surface area contributed by atoms with Crippen LogP contribution in [0.15, 0.2) is 18.3 Å². The predicted molar refractivity (Wildman–Crippen MR) is 85.0 cm³/mol. The summed E-state index contributed by atoms with van der Waals surface area (Å²) in [5.41, 5.74) is 3.51. The number of anilines is 1. The van der Waals surface area contributed by atoms with Crippen molar-refractivity contribution in [2.75, 3.05) is 24.7 Å². The van der Waals surface area contributed by atoms with E-state index in [0.717, 1.165) is 37.8 Å². The molecule has 0 fully saturated rings. The molecule has 6 nitrogen and oxygen atoms in total. The van der Waals surface area contributed by atoms with Crippen molar-refractivity contribution in [3.8, 4) is 0 Å². The molecule has 3 heterocycles. The highest BCUT2D eigenvalue weighted by Crippen LogP contribution is 2.30. The molecule has 0 saturated carbocycles. The molecule has 2 aromatic rings. The molecule has 0 N–H and O–H groups in total. The first kappa shape index (κ1) is 15.0. The van der Waals surface area contributed by atoms with Crippen LogP contribution in [0, 0.1) is 6.92 Å². The van der Waals surface area contributed by atoms with Crippen molar-refractivity contribution in [3.63, 3.8) is 0 Å². The molecule has 0 aromatic carbocycles. The molecule has 2 aromatic heterocycles. The quantitative estimate of drug-likeness (QED) is 0.847. The highest BCUT2D eigenvalue weighted by atomic mass is 16.5. The van der Waals surface area contributed by atoms with E-state index in [4.69, 9.17) is 4.74 Å². The van der Waals surface area contributed by atoms with Crippen molar-refractivity contribution in [2.45, 2.75) is 39.8 Å². The average Bonchev–Trinajstić information content (AvgIpc) is 2.96. The average molecular weight is 301 g/mol. The van der Waals surface area contributed by atoms with Crippen molar-refractivity contribution >= 4 is 5.82 Å². The second kappa shape index (κ2) is 6.44. The van der Waals surface area contributed by atoms with Crippen LogP contribution in [0.5, 0.6) is 0 Å². The molecular weight excluding hydrogens is 278 g/mol. The van der Waals surface area contributed by atoms with Crippen LogP contribution in [-0.4, -0.2) is 39.7 Å². The molecule has 22 heavy (non-hydrogen) atoms. The van der Waals surface area contributed by atoms with Gasteiger partial charge in [0.25, 0.3) is 0 Å². The van der Waals surface area contributed by atoms with Crippen LogP contribution in [0.3, 0.4) is 0 Å². The lowest BCUT2D eigenvalue weighted by Crippen LogP contribution is -2.37. The summed E-state index contributed by atoms with van der Waals surface area (Å²) in [6, 6.07) is 4.04. The van der Waals surface area contributed by atoms with Crippen LogP contribution < -0.4 is 4.90 Å². The van der Waals surface area contributed by atoms with Crippen LogP contribution >= 0.6 is 0 Å².